The molecular weight excluding hydrogens is 236 g/mol. The maximum absolute atomic E-state index is 11.5. The number of urea groups is 1. The van der Waals surface area contributed by atoms with Crippen LogP contribution in [0.3, 0.4) is 0 Å². The van der Waals surface area contributed by atoms with Crippen molar-refractivity contribution in [2.24, 2.45) is 0 Å². The largest absolute Gasteiger partial charge is 0.331 e. The van der Waals surface area contributed by atoms with Crippen LogP contribution < -0.4 is 10.6 Å². The molecule has 0 aliphatic heterocycles. The first-order valence-corrected chi connectivity index (χ1v) is 5.98. The zero-order valence-electron chi connectivity index (χ0n) is 9.30. The van der Waals surface area contributed by atoms with E-state index in [9.17, 15) is 4.79 Å². The van der Waals surface area contributed by atoms with Gasteiger partial charge in [-0.25, -0.2) is 9.78 Å². The highest BCUT2D eigenvalue weighted by Gasteiger charge is 2.03. The van der Waals surface area contributed by atoms with E-state index in [1.54, 1.807) is 24.5 Å². The molecule has 0 spiro atoms. The zero-order chi connectivity index (χ0) is 12.1. The fourth-order valence-corrected chi connectivity index (χ4v) is 1.96. The number of aromatic nitrogens is 2. The molecule has 2 aromatic rings. The highest BCUT2D eigenvalue weighted by molar-refractivity contribution is 7.09. The minimum Gasteiger partial charge on any atom is -0.331 e. The van der Waals surface area contributed by atoms with Crippen LogP contribution in [-0.2, 0) is 6.54 Å². The summed E-state index contributed by atoms with van der Waals surface area (Å²) in [7, 11) is 0. The van der Waals surface area contributed by atoms with Gasteiger partial charge in [0, 0.05) is 29.2 Å². The van der Waals surface area contributed by atoms with Crippen LogP contribution in [0.1, 0.15) is 10.7 Å². The zero-order valence-corrected chi connectivity index (χ0v) is 10.1. The first kappa shape index (κ1) is 11.5. The second kappa shape index (κ2) is 5.40. The van der Waals surface area contributed by atoms with E-state index in [2.05, 4.69) is 20.6 Å². The quantitative estimate of drug-likeness (QED) is 0.874. The van der Waals surface area contributed by atoms with Crippen LogP contribution in [0.2, 0.25) is 0 Å². The maximum Gasteiger partial charge on any atom is 0.319 e. The lowest BCUT2D eigenvalue weighted by Crippen LogP contribution is -2.28. The minimum absolute atomic E-state index is 0.246. The van der Waals surface area contributed by atoms with Gasteiger partial charge in [0.25, 0.3) is 0 Å². The first-order valence-electron chi connectivity index (χ1n) is 5.10. The molecule has 6 heteroatoms. The van der Waals surface area contributed by atoms with Gasteiger partial charge >= 0.3 is 6.03 Å². The third kappa shape index (κ3) is 3.53. The highest BCUT2D eigenvalue weighted by atomic mass is 32.1. The van der Waals surface area contributed by atoms with Crippen LogP contribution in [0.5, 0.6) is 0 Å². The predicted molar refractivity (Wildman–Crippen MR) is 66.9 cm³/mol. The van der Waals surface area contributed by atoms with E-state index in [1.807, 2.05) is 12.3 Å². The third-order valence-electron chi connectivity index (χ3n) is 2.00. The molecule has 2 amide bonds. The number of carbonyl (C=O) groups is 1. The van der Waals surface area contributed by atoms with Gasteiger partial charge in [-0.3, -0.25) is 4.98 Å². The van der Waals surface area contributed by atoms with E-state index < -0.39 is 0 Å². The summed E-state index contributed by atoms with van der Waals surface area (Å²) in [6.45, 7) is 2.37. The number of hydrogen-bond donors (Lipinski definition) is 2. The Labute approximate surface area is 103 Å². The van der Waals surface area contributed by atoms with E-state index in [-0.39, 0.29) is 6.03 Å². The van der Waals surface area contributed by atoms with Crippen molar-refractivity contribution < 1.29 is 4.79 Å². The second-order valence-corrected chi connectivity index (χ2v) is 4.37. The standard InChI is InChI=1S/C11H12N4OS/c1-8-7-17-10(14-8)6-13-11(16)15-9-2-4-12-5-3-9/h2-5,7H,6H2,1H3,(H2,12,13,15,16). The molecule has 2 rings (SSSR count). The summed E-state index contributed by atoms with van der Waals surface area (Å²) in [5, 5.41) is 8.30. The number of pyridine rings is 1. The molecule has 0 aliphatic carbocycles. The average molecular weight is 248 g/mol. The SMILES string of the molecule is Cc1csc(CNC(=O)Nc2ccncc2)n1. The van der Waals surface area contributed by atoms with E-state index in [4.69, 9.17) is 0 Å². The summed E-state index contributed by atoms with van der Waals surface area (Å²) in [6.07, 6.45) is 3.25. The molecule has 2 aromatic heterocycles. The van der Waals surface area contributed by atoms with Crippen LogP contribution in [0.4, 0.5) is 10.5 Å². The number of nitrogens with zero attached hydrogens (tertiary/aromatic N) is 2. The first-order chi connectivity index (χ1) is 8.24. The molecular formula is C11H12N4OS. The van der Waals surface area contributed by atoms with E-state index in [1.165, 1.54) is 11.3 Å². The summed E-state index contributed by atoms with van der Waals surface area (Å²) in [4.78, 5) is 19.7. The lowest BCUT2D eigenvalue weighted by molar-refractivity contribution is 0.251. The monoisotopic (exact) mass is 248 g/mol. The van der Waals surface area contributed by atoms with Gasteiger partial charge in [-0.15, -0.1) is 11.3 Å². The van der Waals surface area contributed by atoms with Gasteiger partial charge in [0.1, 0.15) is 5.01 Å². The van der Waals surface area contributed by atoms with Crippen LogP contribution in [-0.4, -0.2) is 16.0 Å². The number of anilines is 1. The number of carbonyl (C=O) groups excluding carboxylic acids is 1. The molecule has 0 aliphatic rings. The fourth-order valence-electron chi connectivity index (χ4n) is 1.25. The number of aryl methyl sites for hydroxylation is 1. The summed E-state index contributed by atoms with van der Waals surface area (Å²) in [6, 6.07) is 3.21. The Bertz CT molecular complexity index is 497. The third-order valence-corrected chi connectivity index (χ3v) is 2.97. The van der Waals surface area contributed by atoms with Crippen LogP contribution in [0, 0.1) is 6.92 Å². The fraction of sp³-hybridized carbons (Fsp3) is 0.182. The number of thiazole rings is 1. The lowest BCUT2D eigenvalue weighted by Gasteiger charge is -2.05. The van der Waals surface area contributed by atoms with Crippen molar-refractivity contribution in [1.82, 2.24) is 15.3 Å². The van der Waals surface area contributed by atoms with Gasteiger partial charge in [-0.1, -0.05) is 0 Å². The van der Waals surface area contributed by atoms with Gasteiger partial charge in [0.05, 0.1) is 6.54 Å². The van der Waals surface area contributed by atoms with Crippen molar-refractivity contribution in [1.29, 1.82) is 0 Å². The molecule has 88 valence electrons. The molecule has 0 atom stereocenters. The topological polar surface area (TPSA) is 66.9 Å². The van der Waals surface area contributed by atoms with Crippen LogP contribution in [0.25, 0.3) is 0 Å². The molecule has 0 unspecified atom stereocenters. The van der Waals surface area contributed by atoms with Gasteiger partial charge in [0.15, 0.2) is 0 Å². The molecule has 0 saturated carbocycles. The summed E-state index contributed by atoms with van der Waals surface area (Å²) in [5.41, 5.74) is 1.69. The second-order valence-electron chi connectivity index (χ2n) is 3.43. The average Bonchev–Trinajstić information content (AvgIpc) is 2.74. The smallest absolute Gasteiger partial charge is 0.319 e. The number of hydrogen-bond acceptors (Lipinski definition) is 4. The van der Waals surface area contributed by atoms with Crippen LogP contribution in [0.15, 0.2) is 29.9 Å². The molecule has 2 heterocycles. The molecule has 5 nitrogen and oxygen atoms in total. The highest BCUT2D eigenvalue weighted by Crippen LogP contribution is 2.08. The van der Waals surface area contributed by atoms with Crippen molar-refractivity contribution in [3.05, 3.63) is 40.6 Å². The van der Waals surface area contributed by atoms with Gasteiger partial charge < -0.3 is 10.6 Å². The number of amides is 2. The molecule has 0 bridgehead atoms. The molecule has 17 heavy (non-hydrogen) atoms. The van der Waals surface area contributed by atoms with Gasteiger partial charge in [-0.2, -0.15) is 0 Å². The predicted octanol–water partition coefficient (Wildman–Crippen LogP) is 2.17. The van der Waals surface area contributed by atoms with Crippen molar-refractivity contribution in [3.8, 4) is 0 Å². The lowest BCUT2D eigenvalue weighted by atomic mass is 10.4. The van der Waals surface area contributed by atoms with Gasteiger partial charge in [-0.05, 0) is 19.1 Å². The van der Waals surface area contributed by atoms with E-state index >= 15 is 0 Å². The summed E-state index contributed by atoms with van der Waals surface area (Å²) in [5.74, 6) is 0. The van der Waals surface area contributed by atoms with Crippen molar-refractivity contribution in [2.45, 2.75) is 13.5 Å². The van der Waals surface area contributed by atoms with Crippen molar-refractivity contribution in [3.63, 3.8) is 0 Å². The Balaban J connectivity index is 1.82. The molecule has 2 N–H and O–H groups in total. The molecule has 0 aromatic carbocycles. The molecule has 0 fully saturated rings. The van der Waals surface area contributed by atoms with E-state index in [0.717, 1.165) is 10.7 Å². The van der Waals surface area contributed by atoms with Crippen molar-refractivity contribution >= 4 is 23.1 Å². The Morgan fingerprint density at radius 3 is 2.82 bits per heavy atom. The summed E-state index contributed by atoms with van der Waals surface area (Å²) >= 11 is 1.53. The number of nitrogens with one attached hydrogen (secondary N) is 2. The molecule has 0 radical (unpaired) electrons. The van der Waals surface area contributed by atoms with E-state index in [0.29, 0.717) is 12.2 Å². The Hall–Kier alpha value is -1.95. The Kier molecular flexibility index (Phi) is 3.66. The summed E-state index contributed by atoms with van der Waals surface area (Å²) < 4.78 is 0. The number of rotatable bonds is 3. The minimum atomic E-state index is -0.246. The maximum atomic E-state index is 11.5. The van der Waals surface area contributed by atoms with Crippen molar-refractivity contribution in [2.75, 3.05) is 5.32 Å². The van der Waals surface area contributed by atoms with Crippen LogP contribution >= 0.6 is 11.3 Å². The Morgan fingerprint density at radius 1 is 1.41 bits per heavy atom. The molecule has 0 saturated heterocycles. The van der Waals surface area contributed by atoms with Gasteiger partial charge in [0.2, 0.25) is 0 Å². The normalized spacial score (nSPS) is 9.94. The Morgan fingerprint density at radius 2 is 2.18 bits per heavy atom.